The summed E-state index contributed by atoms with van der Waals surface area (Å²) in [5, 5.41) is 12.1. The molecule has 2 aromatic heterocycles. The number of thiophene rings is 1. The van der Waals surface area contributed by atoms with Crippen LogP contribution in [-0.2, 0) is 4.79 Å². The van der Waals surface area contributed by atoms with Crippen LogP contribution in [0.1, 0.15) is 13.0 Å². The monoisotopic (exact) mass is 460 g/mol. The number of hydrogen-bond acceptors (Lipinski definition) is 6. The average Bonchev–Trinajstić information content (AvgIpc) is 3.44. The summed E-state index contributed by atoms with van der Waals surface area (Å²) >= 11 is 6.91. The number of carbonyl (C=O) groups excluding carboxylic acids is 1. The summed E-state index contributed by atoms with van der Waals surface area (Å²) in [5.41, 5.74) is 1.04. The molecule has 164 valence electrons. The molecule has 1 unspecified atom stereocenters. The van der Waals surface area contributed by atoms with Crippen LogP contribution in [0, 0.1) is 10.6 Å². The molecule has 31 heavy (non-hydrogen) atoms. The maximum atomic E-state index is 13.1. The Morgan fingerprint density at radius 2 is 2.00 bits per heavy atom. The molecule has 0 radical (unpaired) electrons. The summed E-state index contributed by atoms with van der Waals surface area (Å²) in [4.78, 5) is 18.3. The van der Waals surface area contributed by atoms with Gasteiger partial charge in [0.05, 0.1) is 4.88 Å². The van der Waals surface area contributed by atoms with E-state index < -0.39 is 6.04 Å². The number of aromatic amines is 1. The van der Waals surface area contributed by atoms with Gasteiger partial charge in [-0.15, -0.1) is 11.3 Å². The maximum absolute atomic E-state index is 13.1. The van der Waals surface area contributed by atoms with Gasteiger partial charge in [0.1, 0.15) is 11.9 Å². The number of hydrogen-bond donors (Lipinski definition) is 2. The van der Waals surface area contributed by atoms with Gasteiger partial charge in [-0.3, -0.25) is 19.4 Å². The fourth-order valence-electron chi connectivity index (χ4n) is 3.73. The maximum Gasteiger partial charge on any atom is 0.242 e. The van der Waals surface area contributed by atoms with E-state index in [0.717, 1.165) is 43.3 Å². The van der Waals surface area contributed by atoms with Crippen molar-refractivity contribution in [2.45, 2.75) is 13.0 Å². The van der Waals surface area contributed by atoms with Crippen molar-refractivity contribution in [3.05, 3.63) is 52.4 Å². The van der Waals surface area contributed by atoms with E-state index in [0.29, 0.717) is 17.1 Å². The van der Waals surface area contributed by atoms with E-state index in [-0.39, 0.29) is 11.7 Å². The zero-order chi connectivity index (χ0) is 21.8. The third kappa shape index (κ3) is 5.03. The van der Waals surface area contributed by atoms with Gasteiger partial charge in [0.15, 0.2) is 10.6 Å². The van der Waals surface area contributed by atoms with E-state index in [9.17, 15) is 9.18 Å². The zero-order valence-corrected chi connectivity index (χ0v) is 18.9. The summed E-state index contributed by atoms with van der Waals surface area (Å²) in [6, 6.07) is 10.1. The largest absolute Gasteiger partial charge is 0.369 e. The van der Waals surface area contributed by atoms with Gasteiger partial charge in [-0.25, -0.2) is 4.39 Å². The number of aromatic nitrogens is 3. The molecule has 0 saturated carbocycles. The number of nitrogens with one attached hydrogen (secondary N) is 2. The first-order valence-electron chi connectivity index (χ1n) is 10.2. The number of H-pyrrole nitrogens is 1. The Labute approximate surface area is 189 Å². The molecule has 3 aromatic rings. The standard InChI is InChI=1S/C21H25FN6OS2/c1-15(28-19(24-25-21(28)30)18-3-2-14-31-18)20(29)23-8-9-26-10-12-27(13-11-26)17-6-4-16(22)5-7-17/h2-7,14-15H,8-13H2,1H3,(H,23,29)(H,25,30). The molecule has 1 aliphatic rings. The van der Waals surface area contributed by atoms with E-state index in [1.165, 1.54) is 12.1 Å². The second kappa shape index (κ2) is 9.71. The van der Waals surface area contributed by atoms with Crippen molar-refractivity contribution in [3.8, 4) is 10.7 Å². The van der Waals surface area contributed by atoms with E-state index in [4.69, 9.17) is 12.2 Å². The highest BCUT2D eigenvalue weighted by atomic mass is 32.1. The number of rotatable bonds is 7. The van der Waals surface area contributed by atoms with Crippen LogP contribution in [-0.4, -0.2) is 64.8 Å². The lowest BCUT2D eigenvalue weighted by molar-refractivity contribution is -0.123. The lowest BCUT2D eigenvalue weighted by atomic mass is 10.2. The van der Waals surface area contributed by atoms with Crippen LogP contribution in [0.5, 0.6) is 0 Å². The van der Waals surface area contributed by atoms with Crippen LogP contribution in [0.3, 0.4) is 0 Å². The highest BCUT2D eigenvalue weighted by Gasteiger charge is 2.22. The van der Waals surface area contributed by atoms with E-state index in [1.807, 2.05) is 36.6 Å². The average molecular weight is 461 g/mol. The summed E-state index contributed by atoms with van der Waals surface area (Å²) < 4.78 is 15.3. The zero-order valence-electron chi connectivity index (χ0n) is 17.3. The van der Waals surface area contributed by atoms with Crippen LogP contribution >= 0.6 is 23.6 Å². The van der Waals surface area contributed by atoms with Gasteiger partial charge in [-0.1, -0.05) is 6.07 Å². The van der Waals surface area contributed by atoms with Crippen molar-refractivity contribution in [1.29, 1.82) is 0 Å². The van der Waals surface area contributed by atoms with Gasteiger partial charge in [0.2, 0.25) is 5.91 Å². The molecule has 4 rings (SSSR count). The van der Waals surface area contributed by atoms with Crippen molar-refractivity contribution < 1.29 is 9.18 Å². The lowest BCUT2D eigenvalue weighted by Gasteiger charge is -2.36. The first-order chi connectivity index (χ1) is 15.0. The molecular formula is C21H25FN6OS2. The Hall–Kier alpha value is -2.56. The molecular weight excluding hydrogens is 435 g/mol. The summed E-state index contributed by atoms with van der Waals surface area (Å²) in [6.07, 6.45) is 0. The normalized spacial score (nSPS) is 15.7. The Morgan fingerprint density at radius 1 is 1.26 bits per heavy atom. The van der Waals surface area contributed by atoms with Crippen molar-refractivity contribution >= 4 is 35.1 Å². The molecule has 3 heterocycles. The van der Waals surface area contributed by atoms with Crippen LogP contribution in [0.2, 0.25) is 0 Å². The summed E-state index contributed by atoms with van der Waals surface area (Å²) in [6.45, 7) is 6.74. The topological polar surface area (TPSA) is 69.2 Å². The minimum atomic E-state index is -0.460. The molecule has 1 fully saturated rings. The quantitative estimate of drug-likeness (QED) is 0.530. The first-order valence-corrected chi connectivity index (χ1v) is 11.5. The molecule has 0 aliphatic carbocycles. The predicted molar refractivity (Wildman–Crippen MR) is 123 cm³/mol. The number of benzene rings is 1. The number of amides is 1. The number of anilines is 1. The highest BCUT2D eigenvalue weighted by Crippen LogP contribution is 2.25. The Bertz CT molecular complexity index is 1050. The van der Waals surface area contributed by atoms with Crippen LogP contribution in [0.4, 0.5) is 10.1 Å². The second-order valence-electron chi connectivity index (χ2n) is 7.47. The summed E-state index contributed by atoms with van der Waals surface area (Å²) in [7, 11) is 0. The Kier molecular flexibility index (Phi) is 6.79. The van der Waals surface area contributed by atoms with Crippen molar-refractivity contribution in [3.63, 3.8) is 0 Å². The molecule has 2 N–H and O–H groups in total. The van der Waals surface area contributed by atoms with E-state index in [2.05, 4.69) is 25.3 Å². The predicted octanol–water partition coefficient (Wildman–Crippen LogP) is 3.31. The fraction of sp³-hybridized carbons (Fsp3) is 0.381. The van der Waals surface area contributed by atoms with Crippen molar-refractivity contribution in [1.82, 2.24) is 25.0 Å². The minimum absolute atomic E-state index is 0.0831. The van der Waals surface area contributed by atoms with Crippen LogP contribution in [0.15, 0.2) is 41.8 Å². The fourth-order valence-corrected chi connectivity index (χ4v) is 4.73. The first kappa shape index (κ1) is 21.7. The molecule has 0 bridgehead atoms. The molecule has 1 amide bonds. The van der Waals surface area contributed by atoms with Gasteiger partial charge in [-0.2, -0.15) is 5.10 Å². The number of carbonyl (C=O) groups is 1. The molecule has 1 aliphatic heterocycles. The summed E-state index contributed by atoms with van der Waals surface area (Å²) in [5.74, 6) is 0.381. The van der Waals surface area contributed by atoms with Crippen LogP contribution in [0.25, 0.3) is 10.7 Å². The van der Waals surface area contributed by atoms with Gasteiger partial charge < -0.3 is 10.2 Å². The van der Waals surface area contributed by atoms with Gasteiger partial charge >= 0.3 is 0 Å². The van der Waals surface area contributed by atoms with E-state index in [1.54, 1.807) is 15.9 Å². The second-order valence-corrected chi connectivity index (χ2v) is 8.81. The molecule has 0 spiro atoms. The molecule has 1 atom stereocenters. The lowest BCUT2D eigenvalue weighted by Crippen LogP contribution is -2.48. The SMILES string of the molecule is CC(C(=O)NCCN1CCN(c2ccc(F)cc2)CC1)n1c(-c2cccs2)n[nH]c1=S. The molecule has 7 nitrogen and oxygen atoms in total. The van der Waals surface area contributed by atoms with Crippen LogP contribution < -0.4 is 10.2 Å². The Morgan fingerprint density at radius 3 is 2.68 bits per heavy atom. The van der Waals surface area contributed by atoms with E-state index >= 15 is 0 Å². The van der Waals surface area contributed by atoms with Gasteiger partial charge in [0, 0.05) is 45.0 Å². The van der Waals surface area contributed by atoms with Gasteiger partial charge in [-0.05, 0) is 54.9 Å². The van der Waals surface area contributed by atoms with Gasteiger partial charge in [0.25, 0.3) is 0 Å². The smallest absolute Gasteiger partial charge is 0.242 e. The molecule has 1 saturated heterocycles. The number of halogens is 1. The Balaban J connectivity index is 1.26. The number of nitrogens with zero attached hydrogens (tertiary/aromatic N) is 4. The number of piperazine rings is 1. The third-order valence-electron chi connectivity index (χ3n) is 5.50. The highest BCUT2D eigenvalue weighted by molar-refractivity contribution is 7.71. The third-order valence-corrected chi connectivity index (χ3v) is 6.66. The molecule has 10 heteroatoms. The van der Waals surface area contributed by atoms with Crippen molar-refractivity contribution in [2.24, 2.45) is 0 Å². The minimum Gasteiger partial charge on any atom is -0.369 e. The molecule has 1 aromatic carbocycles. The van der Waals surface area contributed by atoms with Crippen molar-refractivity contribution in [2.75, 3.05) is 44.2 Å².